The molecule has 0 radical (unpaired) electrons. The molecule has 8 heteroatoms. The number of rotatable bonds is 6. The number of carbonyl (C=O) groups is 2. The molecule has 7 nitrogen and oxygen atoms in total. The zero-order valence-corrected chi connectivity index (χ0v) is 19.3. The highest BCUT2D eigenvalue weighted by Crippen LogP contribution is 2.35. The number of methoxy groups -OCH3 is 2. The summed E-state index contributed by atoms with van der Waals surface area (Å²) in [7, 11) is 2.92. The van der Waals surface area contributed by atoms with Crippen molar-refractivity contribution in [2.45, 2.75) is 45.3 Å². The highest BCUT2D eigenvalue weighted by atomic mass is 32.1. The molecule has 1 aromatic carbocycles. The Hall–Kier alpha value is -3.00. The topological polar surface area (TPSA) is 87.1 Å². The van der Waals surface area contributed by atoms with E-state index in [1.807, 2.05) is 39.0 Å². The summed E-state index contributed by atoms with van der Waals surface area (Å²) in [4.78, 5) is 34.4. The van der Waals surface area contributed by atoms with Gasteiger partial charge in [-0.05, 0) is 63.6 Å². The third kappa shape index (κ3) is 4.85. The number of ether oxygens (including phenoxy) is 3. The first-order valence-electron chi connectivity index (χ1n) is 9.78. The lowest BCUT2D eigenvalue weighted by molar-refractivity contribution is -0.159. The molecule has 0 amide bonds. The van der Waals surface area contributed by atoms with Gasteiger partial charge in [0.1, 0.15) is 21.2 Å². The maximum Gasteiger partial charge on any atom is 0.349 e. The Morgan fingerprint density at radius 1 is 1.19 bits per heavy atom. The number of aryl methyl sites for hydroxylation is 1. The van der Waals surface area contributed by atoms with E-state index in [0.29, 0.717) is 21.3 Å². The summed E-state index contributed by atoms with van der Waals surface area (Å²) >= 11 is 1.26. The molecule has 1 aliphatic rings. The number of benzene rings is 1. The monoisotopic (exact) mass is 442 g/mol. The molecule has 164 valence electrons. The van der Waals surface area contributed by atoms with Gasteiger partial charge in [0.25, 0.3) is 0 Å². The normalized spacial score (nSPS) is 17.6. The van der Waals surface area contributed by atoms with Crippen molar-refractivity contribution in [3.8, 4) is 16.3 Å². The first-order valence-corrected chi connectivity index (χ1v) is 10.6. The smallest absolute Gasteiger partial charge is 0.349 e. The van der Waals surface area contributed by atoms with E-state index in [1.54, 1.807) is 32.4 Å². The van der Waals surface area contributed by atoms with E-state index in [9.17, 15) is 9.59 Å². The third-order valence-corrected chi connectivity index (χ3v) is 5.86. The number of esters is 2. The van der Waals surface area contributed by atoms with Crippen LogP contribution < -0.4 is 4.74 Å². The summed E-state index contributed by atoms with van der Waals surface area (Å²) < 4.78 is 16.0. The number of hydrogen-bond donors (Lipinski definition) is 0. The predicted octanol–water partition coefficient (Wildman–Crippen LogP) is 4.18. The van der Waals surface area contributed by atoms with E-state index >= 15 is 0 Å². The van der Waals surface area contributed by atoms with Crippen molar-refractivity contribution in [2.75, 3.05) is 14.2 Å². The van der Waals surface area contributed by atoms with Crippen molar-refractivity contribution in [2.24, 2.45) is 4.99 Å². The van der Waals surface area contributed by atoms with Gasteiger partial charge in [0.2, 0.25) is 0 Å². The average Bonchev–Trinajstić information content (AvgIpc) is 3.33. The molecule has 0 aliphatic carbocycles. The van der Waals surface area contributed by atoms with Gasteiger partial charge in [0, 0.05) is 18.2 Å². The van der Waals surface area contributed by atoms with Crippen molar-refractivity contribution < 1.29 is 23.8 Å². The zero-order chi connectivity index (χ0) is 22.8. The molecular weight excluding hydrogens is 416 g/mol. The van der Waals surface area contributed by atoms with Gasteiger partial charge in [-0.3, -0.25) is 4.99 Å². The number of thiazole rings is 1. The lowest BCUT2D eigenvalue weighted by Gasteiger charge is -2.28. The quantitative estimate of drug-likeness (QED) is 0.624. The van der Waals surface area contributed by atoms with Crippen LogP contribution in [0.2, 0.25) is 0 Å². The Morgan fingerprint density at radius 3 is 2.52 bits per heavy atom. The first kappa shape index (κ1) is 22.7. The molecule has 0 N–H and O–H groups in total. The average molecular weight is 443 g/mol. The van der Waals surface area contributed by atoms with Gasteiger partial charge < -0.3 is 14.2 Å². The van der Waals surface area contributed by atoms with Gasteiger partial charge >= 0.3 is 11.9 Å². The van der Waals surface area contributed by atoms with E-state index in [2.05, 4.69) is 9.98 Å². The number of nitrogens with zero attached hydrogens (tertiary/aromatic N) is 2. The minimum absolute atomic E-state index is 0.264. The number of aromatic nitrogens is 1. The van der Waals surface area contributed by atoms with Crippen LogP contribution in [0.5, 0.6) is 5.75 Å². The summed E-state index contributed by atoms with van der Waals surface area (Å²) in [6.07, 6.45) is 5.36. The van der Waals surface area contributed by atoms with Crippen molar-refractivity contribution in [3.05, 3.63) is 46.5 Å². The molecule has 1 aromatic heterocycles. The van der Waals surface area contributed by atoms with Crippen molar-refractivity contribution in [3.63, 3.8) is 0 Å². The van der Waals surface area contributed by atoms with Gasteiger partial charge in [-0.15, -0.1) is 11.3 Å². The fourth-order valence-electron chi connectivity index (χ4n) is 3.23. The summed E-state index contributed by atoms with van der Waals surface area (Å²) in [5, 5.41) is 0.679. The molecule has 0 fully saturated rings. The predicted molar refractivity (Wildman–Crippen MR) is 120 cm³/mol. The highest BCUT2D eigenvalue weighted by Gasteiger charge is 2.41. The van der Waals surface area contributed by atoms with Crippen LogP contribution in [-0.2, 0) is 20.7 Å². The molecule has 3 rings (SSSR count). The molecule has 0 saturated carbocycles. The van der Waals surface area contributed by atoms with Gasteiger partial charge in [0.15, 0.2) is 5.54 Å². The molecule has 0 bridgehead atoms. The number of carbonyl (C=O) groups excluding carboxylic acids is 2. The molecule has 1 atom stereocenters. The van der Waals surface area contributed by atoms with Crippen LogP contribution in [0.15, 0.2) is 35.3 Å². The second-order valence-corrected chi connectivity index (χ2v) is 9.19. The molecule has 1 unspecified atom stereocenters. The van der Waals surface area contributed by atoms with Crippen LogP contribution in [0.3, 0.4) is 0 Å². The van der Waals surface area contributed by atoms with E-state index in [0.717, 1.165) is 11.1 Å². The summed E-state index contributed by atoms with van der Waals surface area (Å²) in [5.41, 5.74) is 0.406. The Morgan fingerprint density at radius 2 is 1.94 bits per heavy atom. The Labute approximate surface area is 185 Å². The fraction of sp³-hybridized carbons (Fsp3) is 0.391. The number of hydrogen-bond acceptors (Lipinski definition) is 8. The van der Waals surface area contributed by atoms with Gasteiger partial charge in [-0.2, -0.15) is 0 Å². The summed E-state index contributed by atoms with van der Waals surface area (Å²) in [5.74, 6) is -0.205. The van der Waals surface area contributed by atoms with Crippen LogP contribution in [0.25, 0.3) is 10.6 Å². The van der Waals surface area contributed by atoms with Gasteiger partial charge in [-0.25, -0.2) is 14.6 Å². The fourth-order valence-corrected chi connectivity index (χ4v) is 4.21. The second-order valence-electron chi connectivity index (χ2n) is 8.19. The van der Waals surface area contributed by atoms with E-state index < -0.39 is 23.1 Å². The van der Waals surface area contributed by atoms with Crippen molar-refractivity contribution >= 4 is 29.5 Å². The second kappa shape index (κ2) is 8.63. The van der Waals surface area contributed by atoms with E-state index in [4.69, 9.17) is 14.2 Å². The van der Waals surface area contributed by atoms with E-state index in [1.165, 1.54) is 18.4 Å². The van der Waals surface area contributed by atoms with Crippen LogP contribution in [0.4, 0.5) is 0 Å². The van der Waals surface area contributed by atoms with E-state index in [-0.39, 0.29) is 6.42 Å². The molecule has 31 heavy (non-hydrogen) atoms. The lowest BCUT2D eigenvalue weighted by atomic mass is 9.90. The van der Waals surface area contributed by atoms with Gasteiger partial charge in [0.05, 0.1) is 19.9 Å². The summed E-state index contributed by atoms with van der Waals surface area (Å²) in [6.45, 7) is 7.25. The number of aliphatic imine (C=N–C) groups is 1. The zero-order valence-electron chi connectivity index (χ0n) is 18.5. The molecule has 2 heterocycles. The van der Waals surface area contributed by atoms with Crippen LogP contribution in [0, 0.1) is 6.92 Å². The van der Waals surface area contributed by atoms with Crippen LogP contribution >= 0.6 is 11.3 Å². The minimum atomic E-state index is -1.16. The maximum atomic E-state index is 13.0. The molecule has 2 aromatic rings. The SMILES string of the molecule is COC(=O)c1sc(-c2ccc(OC)c(CC3(C(=O)OC(C)(C)C)C=CC=N3)c2)nc1C. The lowest BCUT2D eigenvalue weighted by Crippen LogP contribution is -2.41. The first-order chi connectivity index (χ1) is 14.6. The molecule has 0 spiro atoms. The van der Waals surface area contributed by atoms with Crippen LogP contribution in [0.1, 0.15) is 41.7 Å². The van der Waals surface area contributed by atoms with Crippen molar-refractivity contribution in [1.82, 2.24) is 4.98 Å². The van der Waals surface area contributed by atoms with Crippen molar-refractivity contribution in [1.29, 1.82) is 0 Å². The third-order valence-electron chi connectivity index (χ3n) is 4.67. The summed E-state index contributed by atoms with van der Waals surface area (Å²) in [6, 6.07) is 5.60. The maximum absolute atomic E-state index is 13.0. The largest absolute Gasteiger partial charge is 0.496 e. The highest BCUT2D eigenvalue weighted by molar-refractivity contribution is 7.17. The molecular formula is C23H26N2O5S. The minimum Gasteiger partial charge on any atom is -0.496 e. The number of allylic oxidation sites excluding steroid dienone is 1. The van der Waals surface area contributed by atoms with Gasteiger partial charge in [-0.1, -0.05) is 0 Å². The Bertz CT molecular complexity index is 1050. The Kier molecular flexibility index (Phi) is 6.31. The molecule has 1 aliphatic heterocycles. The standard InChI is InChI=1S/C23H26N2O5S/c1-14-18(20(26)29-6)31-19(25-14)15-8-9-17(28-5)16(12-15)13-23(10-7-11-24-23)21(27)30-22(2,3)4/h7-12H,13H2,1-6H3. The van der Waals surface area contributed by atoms with Crippen LogP contribution in [-0.4, -0.2) is 48.5 Å². The molecule has 0 saturated heterocycles. The Balaban J connectivity index is 2.00.